The molecule has 1 rings (SSSR count). The Morgan fingerprint density at radius 2 is 2.12 bits per heavy atom. The molecule has 1 aliphatic rings. The van der Waals surface area contributed by atoms with E-state index in [0.29, 0.717) is 0 Å². The predicted octanol–water partition coefficient (Wildman–Crippen LogP) is 5.17. The fourth-order valence-electron chi connectivity index (χ4n) is 1.96. The van der Waals surface area contributed by atoms with Crippen LogP contribution in [0.1, 0.15) is 45.4 Å². The summed E-state index contributed by atoms with van der Waals surface area (Å²) in [7, 11) is -1.04. The number of hydrogen-bond donors (Lipinski definition) is 0. The second kappa shape index (κ2) is 7.82. The van der Waals surface area contributed by atoms with Crippen LogP contribution in [-0.2, 0) is 0 Å². The average molecular weight is 364 g/mol. The van der Waals surface area contributed by atoms with E-state index in [4.69, 9.17) is 0 Å². The molecule has 0 aliphatic heterocycles. The van der Waals surface area contributed by atoms with Crippen molar-refractivity contribution >= 4 is 29.0 Å². The molecule has 2 heteroatoms. The van der Waals surface area contributed by atoms with Gasteiger partial charge in [-0.2, -0.15) is 0 Å². The monoisotopic (exact) mass is 366 g/mol. The van der Waals surface area contributed by atoms with Gasteiger partial charge < -0.3 is 0 Å². The molecule has 0 bridgehead atoms. The standard InChI is InChI=1S/C15H28SiTe/c1-5-6-12-17-15(16(2,3)4)13-14-10-8-7-9-11-14/h10,13H,5-9,11-12H2,1-4H3/b15-13+. The third-order valence-corrected chi connectivity index (χ3v) is 13.6. The van der Waals surface area contributed by atoms with Gasteiger partial charge in [-0.15, -0.1) is 0 Å². The molecule has 0 unspecified atom stereocenters. The van der Waals surface area contributed by atoms with Crippen LogP contribution in [0.2, 0.25) is 24.1 Å². The summed E-state index contributed by atoms with van der Waals surface area (Å²) in [6, 6.07) is 0. The van der Waals surface area contributed by atoms with Crippen molar-refractivity contribution in [2.45, 2.75) is 69.6 Å². The first kappa shape index (κ1) is 15.5. The van der Waals surface area contributed by atoms with Gasteiger partial charge in [0.15, 0.2) is 0 Å². The molecule has 17 heavy (non-hydrogen) atoms. The SMILES string of the molecule is CCCC[Te]/C(=C/C1=CCCCC1)[Si](C)(C)C. The van der Waals surface area contributed by atoms with E-state index in [1.54, 1.807) is 5.57 Å². The van der Waals surface area contributed by atoms with Crippen LogP contribution in [0, 0.1) is 0 Å². The molecule has 0 spiro atoms. The summed E-state index contributed by atoms with van der Waals surface area (Å²) in [4.78, 5) is 0. The molecular weight excluding hydrogens is 336 g/mol. The first-order valence-electron chi connectivity index (χ1n) is 7.08. The van der Waals surface area contributed by atoms with Crippen LogP contribution >= 0.6 is 0 Å². The molecule has 98 valence electrons. The fraction of sp³-hybridized carbons (Fsp3) is 0.733. The number of allylic oxidation sites excluding steroid dienone is 3. The van der Waals surface area contributed by atoms with Gasteiger partial charge in [-0.1, -0.05) is 0 Å². The summed E-state index contributed by atoms with van der Waals surface area (Å²) < 4.78 is 3.44. The van der Waals surface area contributed by atoms with E-state index in [1.165, 1.54) is 43.0 Å². The van der Waals surface area contributed by atoms with Crippen molar-refractivity contribution in [2.24, 2.45) is 0 Å². The molecule has 1 aliphatic carbocycles. The third kappa shape index (κ3) is 6.27. The minimum atomic E-state index is -1.04. The van der Waals surface area contributed by atoms with E-state index in [1.807, 2.05) is 3.24 Å². The molecule has 0 heterocycles. The van der Waals surface area contributed by atoms with E-state index in [0.717, 1.165) is 0 Å². The van der Waals surface area contributed by atoms with Crippen molar-refractivity contribution in [1.82, 2.24) is 0 Å². The second-order valence-electron chi connectivity index (χ2n) is 5.99. The zero-order chi connectivity index (χ0) is 12.7. The molecule has 0 saturated carbocycles. The summed E-state index contributed by atoms with van der Waals surface area (Å²) in [5.41, 5.74) is 1.66. The van der Waals surface area contributed by atoms with Crippen molar-refractivity contribution < 1.29 is 0 Å². The van der Waals surface area contributed by atoms with Gasteiger partial charge in [0.2, 0.25) is 0 Å². The summed E-state index contributed by atoms with van der Waals surface area (Å²) >= 11 is 0.130. The molecule has 0 aromatic heterocycles. The molecule has 0 saturated heterocycles. The molecule has 0 nitrogen and oxygen atoms in total. The van der Waals surface area contributed by atoms with E-state index in [-0.39, 0.29) is 20.9 Å². The first-order valence-corrected chi connectivity index (χ1v) is 13.4. The van der Waals surface area contributed by atoms with Crippen molar-refractivity contribution in [1.29, 1.82) is 0 Å². The van der Waals surface area contributed by atoms with E-state index < -0.39 is 8.07 Å². The van der Waals surface area contributed by atoms with Gasteiger partial charge in [0.05, 0.1) is 0 Å². The van der Waals surface area contributed by atoms with Gasteiger partial charge in [-0.05, 0) is 0 Å². The molecule has 0 aromatic carbocycles. The number of hydrogen-bond acceptors (Lipinski definition) is 0. The summed E-state index contributed by atoms with van der Waals surface area (Å²) in [5.74, 6) is 0. The van der Waals surface area contributed by atoms with E-state index in [2.05, 4.69) is 38.7 Å². The van der Waals surface area contributed by atoms with E-state index in [9.17, 15) is 0 Å². The third-order valence-electron chi connectivity index (χ3n) is 3.14. The molecule has 0 aromatic rings. The maximum absolute atomic E-state index is 2.63. The molecule has 0 amide bonds. The Morgan fingerprint density at radius 3 is 2.65 bits per heavy atom. The predicted molar refractivity (Wildman–Crippen MR) is 83.4 cm³/mol. The second-order valence-corrected chi connectivity index (χ2v) is 15.4. The van der Waals surface area contributed by atoms with Crippen LogP contribution in [0.25, 0.3) is 0 Å². The molecule has 0 atom stereocenters. The maximum atomic E-state index is 2.63. The van der Waals surface area contributed by atoms with Crippen LogP contribution in [0.5, 0.6) is 0 Å². The van der Waals surface area contributed by atoms with Gasteiger partial charge in [0, 0.05) is 0 Å². The molecular formula is C15H28SiTe. The topological polar surface area (TPSA) is 0 Å². The quantitative estimate of drug-likeness (QED) is 0.451. The normalized spacial score (nSPS) is 18.1. The minimum absolute atomic E-state index is 0.130. The Hall–Kier alpha value is 0.486. The number of rotatable bonds is 6. The van der Waals surface area contributed by atoms with E-state index >= 15 is 0 Å². The Bertz CT molecular complexity index is 284. The van der Waals surface area contributed by atoms with Crippen LogP contribution in [0.3, 0.4) is 0 Å². The molecule has 0 N–H and O–H groups in total. The molecule has 0 fully saturated rings. The zero-order valence-corrected chi connectivity index (χ0v) is 15.3. The summed E-state index contributed by atoms with van der Waals surface area (Å²) in [6.45, 7) is 9.89. The summed E-state index contributed by atoms with van der Waals surface area (Å²) in [5, 5.41) is 0. The Morgan fingerprint density at radius 1 is 1.35 bits per heavy atom. The first-order chi connectivity index (χ1) is 8.04. The fourth-order valence-corrected chi connectivity index (χ4v) is 9.94. The van der Waals surface area contributed by atoms with Crippen molar-refractivity contribution in [3.8, 4) is 0 Å². The Balaban J connectivity index is 2.67. The average Bonchev–Trinajstić information content (AvgIpc) is 2.28. The van der Waals surface area contributed by atoms with Crippen LogP contribution in [-0.4, -0.2) is 29.0 Å². The van der Waals surface area contributed by atoms with Gasteiger partial charge in [-0.25, -0.2) is 0 Å². The van der Waals surface area contributed by atoms with Crippen LogP contribution in [0.15, 0.2) is 21.0 Å². The summed E-state index contributed by atoms with van der Waals surface area (Å²) in [6.07, 6.45) is 13.4. The van der Waals surface area contributed by atoms with Crippen LogP contribution in [0.4, 0.5) is 0 Å². The van der Waals surface area contributed by atoms with Crippen molar-refractivity contribution in [3.63, 3.8) is 0 Å². The number of unbranched alkanes of at least 4 members (excludes halogenated alkanes) is 1. The Labute approximate surface area is 119 Å². The van der Waals surface area contributed by atoms with Crippen molar-refractivity contribution in [3.05, 3.63) is 21.0 Å². The Kier molecular flexibility index (Phi) is 7.15. The van der Waals surface area contributed by atoms with Gasteiger partial charge in [0.25, 0.3) is 0 Å². The van der Waals surface area contributed by atoms with Gasteiger partial charge in [-0.3, -0.25) is 0 Å². The molecule has 0 radical (unpaired) electrons. The van der Waals surface area contributed by atoms with Gasteiger partial charge in [0.1, 0.15) is 0 Å². The van der Waals surface area contributed by atoms with Crippen LogP contribution < -0.4 is 0 Å². The van der Waals surface area contributed by atoms with Gasteiger partial charge >= 0.3 is 120 Å². The van der Waals surface area contributed by atoms with Crippen molar-refractivity contribution in [2.75, 3.05) is 0 Å². The zero-order valence-electron chi connectivity index (χ0n) is 12.0.